The topological polar surface area (TPSA) is 66.6 Å². The minimum atomic E-state index is -0.725. The van der Waals surface area contributed by atoms with Crippen molar-refractivity contribution < 1.29 is 10.0 Å². The molecular formula is C11H14N2O3. The molecule has 1 aliphatic heterocycles. The Morgan fingerprint density at radius 3 is 2.62 bits per heavy atom. The quantitative estimate of drug-likeness (QED) is 0.608. The number of hydrogen-bond donors (Lipinski definition) is 1. The molecular weight excluding hydrogens is 208 g/mol. The van der Waals surface area contributed by atoms with E-state index in [2.05, 4.69) is 0 Å². The van der Waals surface area contributed by atoms with Crippen LogP contribution < -0.4 is 4.90 Å². The van der Waals surface area contributed by atoms with Crippen molar-refractivity contribution >= 4 is 11.4 Å². The van der Waals surface area contributed by atoms with Crippen molar-refractivity contribution in [3.8, 4) is 0 Å². The van der Waals surface area contributed by atoms with Crippen LogP contribution in [0.25, 0.3) is 0 Å². The van der Waals surface area contributed by atoms with Crippen molar-refractivity contribution in [2.75, 3.05) is 18.0 Å². The molecule has 16 heavy (non-hydrogen) atoms. The summed E-state index contributed by atoms with van der Waals surface area (Å²) in [6, 6.07) is 5.24. The molecule has 86 valence electrons. The van der Waals surface area contributed by atoms with Crippen LogP contribution in [0.5, 0.6) is 0 Å². The summed E-state index contributed by atoms with van der Waals surface area (Å²) in [4.78, 5) is 12.4. The molecule has 1 aromatic carbocycles. The predicted molar refractivity (Wildman–Crippen MR) is 60.7 cm³/mol. The standard InChI is InChI=1S/C11H14N2O3/c1-8-4-3-5-9(10(8)13(15)16)12-6-11(2,14)7-12/h3-5,14H,6-7H2,1-2H3. The van der Waals surface area contributed by atoms with Gasteiger partial charge < -0.3 is 10.0 Å². The summed E-state index contributed by atoms with van der Waals surface area (Å²) < 4.78 is 0. The molecule has 1 saturated heterocycles. The first kappa shape index (κ1) is 10.9. The normalized spacial score (nSPS) is 18.1. The summed E-state index contributed by atoms with van der Waals surface area (Å²) >= 11 is 0. The summed E-state index contributed by atoms with van der Waals surface area (Å²) in [7, 11) is 0. The molecule has 1 aromatic rings. The molecule has 0 saturated carbocycles. The smallest absolute Gasteiger partial charge is 0.295 e. The third-order valence-electron chi connectivity index (χ3n) is 2.80. The maximum atomic E-state index is 11.0. The van der Waals surface area contributed by atoms with Gasteiger partial charge in [0.05, 0.1) is 10.5 Å². The molecule has 0 atom stereocenters. The summed E-state index contributed by atoms with van der Waals surface area (Å²) in [5.74, 6) is 0. The van der Waals surface area contributed by atoms with Gasteiger partial charge in [-0.2, -0.15) is 0 Å². The molecule has 1 aliphatic rings. The Morgan fingerprint density at radius 2 is 2.12 bits per heavy atom. The maximum Gasteiger partial charge on any atom is 0.295 e. The van der Waals surface area contributed by atoms with Gasteiger partial charge in [0.2, 0.25) is 0 Å². The van der Waals surface area contributed by atoms with Gasteiger partial charge >= 0.3 is 0 Å². The van der Waals surface area contributed by atoms with Gasteiger partial charge in [-0.1, -0.05) is 12.1 Å². The number of nitrogens with zero attached hydrogens (tertiary/aromatic N) is 2. The maximum absolute atomic E-state index is 11.0. The van der Waals surface area contributed by atoms with Crippen molar-refractivity contribution in [2.45, 2.75) is 19.4 Å². The van der Waals surface area contributed by atoms with E-state index in [1.807, 2.05) is 4.90 Å². The highest BCUT2D eigenvalue weighted by Gasteiger charge is 2.39. The number of nitro benzene ring substituents is 1. The number of anilines is 1. The Labute approximate surface area is 93.5 Å². The number of aryl methyl sites for hydroxylation is 1. The Balaban J connectivity index is 2.35. The lowest BCUT2D eigenvalue weighted by Crippen LogP contribution is -2.60. The predicted octanol–water partition coefficient (Wildman–Crippen LogP) is 1.47. The molecule has 5 heteroatoms. The first-order chi connectivity index (χ1) is 7.41. The fourth-order valence-corrected chi connectivity index (χ4v) is 2.08. The minimum absolute atomic E-state index is 0.137. The number of para-hydroxylation sites is 1. The van der Waals surface area contributed by atoms with Gasteiger partial charge in [0.25, 0.3) is 5.69 Å². The number of nitro groups is 1. The molecule has 0 bridgehead atoms. The van der Waals surface area contributed by atoms with E-state index in [0.717, 1.165) is 0 Å². The molecule has 0 spiro atoms. The third kappa shape index (κ3) is 1.74. The van der Waals surface area contributed by atoms with Gasteiger partial charge in [0, 0.05) is 18.7 Å². The first-order valence-electron chi connectivity index (χ1n) is 5.12. The molecule has 5 nitrogen and oxygen atoms in total. The number of β-amino-alcohol motifs (C(OH)–C–C–N with tert-alkyl or cyclic N) is 1. The molecule has 0 aromatic heterocycles. The van der Waals surface area contributed by atoms with E-state index in [1.165, 1.54) is 0 Å². The zero-order valence-electron chi connectivity index (χ0n) is 9.30. The molecule has 1 fully saturated rings. The van der Waals surface area contributed by atoms with Crippen LogP contribution in [-0.2, 0) is 0 Å². The van der Waals surface area contributed by atoms with Crippen LogP contribution in [0.15, 0.2) is 18.2 Å². The molecule has 1 heterocycles. The highest BCUT2D eigenvalue weighted by molar-refractivity contribution is 5.68. The van der Waals surface area contributed by atoms with Gasteiger partial charge in [-0.3, -0.25) is 10.1 Å². The lowest BCUT2D eigenvalue weighted by atomic mass is 9.95. The Hall–Kier alpha value is -1.62. The highest BCUT2D eigenvalue weighted by atomic mass is 16.6. The minimum Gasteiger partial charge on any atom is -0.386 e. The average molecular weight is 222 g/mol. The van der Waals surface area contributed by atoms with Gasteiger partial charge in [0.1, 0.15) is 5.69 Å². The second kappa shape index (κ2) is 3.45. The SMILES string of the molecule is Cc1cccc(N2CC(C)(O)C2)c1[N+](=O)[O-]. The van der Waals surface area contributed by atoms with E-state index in [9.17, 15) is 15.2 Å². The van der Waals surface area contributed by atoms with Crippen molar-refractivity contribution in [1.82, 2.24) is 0 Å². The van der Waals surface area contributed by atoms with Crippen LogP contribution in [0.1, 0.15) is 12.5 Å². The van der Waals surface area contributed by atoms with E-state index in [0.29, 0.717) is 24.3 Å². The Bertz CT molecular complexity index is 435. The molecule has 0 unspecified atom stereocenters. The summed E-state index contributed by atoms with van der Waals surface area (Å²) in [5.41, 5.74) is 0.654. The Kier molecular flexibility index (Phi) is 2.35. The molecule has 1 N–H and O–H groups in total. The van der Waals surface area contributed by atoms with Crippen LogP contribution in [0, 0.1) is 17.0 Å². The fourth-order valence-electron chi connectivity index (χ4n) is 2.08. The van der Waals surface area contributed by atoms with E-state index in [-0.39, 0.29) is 10.6 Å². The van der Waals surface area contributed by atoms with Crippen LogP contribution >= 0.6 is 0 Å². The average Bonchev–Trinajstić information content (AvgIpc) is 2.12. The van der Waals surface area contributed by atoms with Gasteiger partial charge in [-0.05, 0) is 19.9 Å². The van der Waals surface area contributed by atoms with E-state index >= 15 is 0 Å². The van der Waals surface area contributed by atoms with Gasteiger partial charge in [-0.25, -0.2) is 0 Å². The van der Waals surface area contributed by atoms with Crippen LogP contribution in [0.3, 0.4) is 0 Å². The summed E-state index contributed by atoms with van der Waals surface area (Å²) in [6.45, 7) is 4.33. The number of benzene rings is 1. The number of rotatable bonds is 2. The third-order valence-corrected chi connectivity index (χ3v) is 2.80. The Morgan fingerprint density at radius 1 is 1.50 bits per heavy atom. The van der Waals surface area contributed by atoms with Crippen molar-refractivity contribution in [2.24, 2.45) is 0 Å². The molecule has 0 amide bonds. The first-order valence-corrected chi connectivity index (χ1v) is 5.12. The van der Waals surface area contributed by atoms with Crippen molar-refractivity contribution in [3.63, 3.8) is 0 Å². The summed E-state index contributed by atoms with van der Waals surface area (Å²) in [5, 5.41) is 20.6. The van der Waals surface area contributed by atoms with Gasteiger partial charge in [-0.15, -0.1) is 0 Å². The van der Waals surface area contributed by atoms with Crippen LogP contribution in [0.2, 0.25) is 0 Å². The zero-order chi connectivity index (χ0) is 11.9. The monoisotopic (exact) mass is 222 g/mol. The lowest BCUT2D eigenvalue weighted by Gasteiger charge is -2.45. The molecule has 0 aliphatic carbocycles. The fraction of sp³-hybridized carbons (Fsp3) is 0.455. The summed E-state index contributed by atoms with van der Waals surface area (Å²) in [6.07, 6.45) is 0. The number of hydrogen-bond acceptors (Lipinski definition) is 4. The zero-order valence-corrected chi connectivity index (χ0v) is 9.30. The molecule has 2 rings (SSSR count). The molecule has 0 radical (unpaired) electrons. The second-order valence-corrected chi connectivity index (χ2v) is 4.55. The highest BCUT2D eigenvalue weighted by Crippen LogP contribution is 2.36. The number of aliphatic hydroxyl groups is 1. The van der Waals surface area contributed by atoms with Crippen molar-refractivity contribution in [1.29, 1.82) is 0 Å². The van der Waals surface area contributed by atoms with E-state index in [1.54, 1.807) is 32.0 Å². The second-order valence-electron chi connectivity index (χ2n) is 4.55. The van der Waals surface area contributed by atoms with Crippen LogP contribution in [0.4, 0.5) is 11.4 Å². The van der Waals surface area contributed by atoms with Crippen LogP contribution in [-0.4, -0.2) is 28.7 Å². The van der Waals surface area contributed by atoms with E-state index < -0.39 is 5.60 Å². The van der Waals surface area contributed by atoms with Crippen molar-refractivity contribution in [3.05, 3.63) is 33.9 Å². The van der Waals surface area contributed by atoms with Gasteiger partial charge in [0.15, 0.2) is 0 Å². The largest absolute Gasteiger partial charge is 0.386 e. The van der Waals surface area contributed by atoms with E-state index in [4.69, 9.17) is 0 Å². The lowest BCUT2D eigenvalue weighted by molar-refractivity contribution is -0.384.